The van der Waals surface area contributed by atoms with Crippen LogP contribution in [0.3, 0.4) is 0 Å². The van der Waals surface area contributed by atoms with Crippen molar-refractivity contribution in [3.63, 3.8) is 0 Å². The first-order valence-corrected chi connectivity index (χ1v) is 4.74. The molecule has 6 heteroatoms. The second-order valence-corrected chi connectivity index (χ2v) is 4.37. The number of carboxylic acids is 1. The highest BCUT2D eigenvalue weighted by atomic mass is 16.6. The monoisotopic (exact) mass is 226 g/mol. The van der Waals surface area contributed by atoms with Gasteiger partial charge in [-0.05, 0) is 27.7 Å². The summed E-state index contributed by atoms with van der Waals surface area (Å²) in [6.07, 6.45) is 0. The number of hydrogen-bond donors (Lipinski definition) is 2. The molecule has 1 aromatic rings. The summed E-state index contributed by atoms with van der Waals surface area (Å²) in [5.41, 5.74) is -0.245. The fourth-order valence-corrected chi connectivity index (χ4v) is 1.09. The Morgan fingerprint density at radius 1 is 1.38 bits per heavy atom. The number of imidazole rings is 1. The zero-order valence-corrected chi connectivity index (χ0v) is 9.62. The predicted octanol–water partition coefficient (Wildman–Crippen LogP) is 1.37. The Labute approximate surface area is 92.6 Å². The van der Waals surface area contributed by atoms with Gasteiger partial charge < -0.3 is 14.8 Å². The van der Waals surface area contributed by atoms with Crippen LogP contribution >= 0.6 is 0 Å². The van der Waals surface area contributed by atoms with Gasteiger partial charge in [-0.2, -0.15) is 0 Å². The molecule has 88 valence electrons. The SMILES string of the molecule is Cc1[nH]c(C(=O)O)nc1C(=O)OC(C)(C)C. The van der Waals surface area contributed by atoms with Crippen molar-refractivity contribution in [1.29, 1.82) is 0 Å². The molecule has 0 radical (unpaired) electrons. The maximum Gasteiger partial charge on any atom is 0.371 e. The van der Waals surface area contributed by atoms with Crippen LogP contribution in [0.5, 0.6) is 0 Å². The fraction of sp³-hybridized carbons (Fsp3) is 0.500. The summed E-state index contributed by atoms with van der Waals surface area (Å²) in [5, 5.41) is 8.69. The smallest absolute Gasteiger partial charge is 0.371 e. The lowest BCUT2D eigenvalue weighted by Gasteiger charge is -2.18. The fourth-order valence-electron chi connectivity index (χ4n) is 1.09. The molecule has 16 heavy (non-hydrogen) atoms. The maximum absolute atomic E-state index is 11.6. The highest BCUT2D eigenvalue weighted by Crippen LogP contribution is 2.13. The number of esters is 1. The normalized spacial score (nSPS) is 11.2. The molecule has 0 fully saturated rings. The first-order chi connectivity index (χ1) is 7.20. The van der Waals surface area contributed by atoms with E-state index >= 15 is 0 Å². The van der Waals surface area contributed by atoms with E-state index in [9.17, 15) is 9.59 Å². The Hall–Kier alpha value is -1.85. The van der Waals surface area contributed by atoms with E-state index in [-0.39, 0.29) is 11.5 Å². The van der Waals surface area contributed by atoms with E-state index < -0.39 is 17.5 Å². The predicted molar refractivity (Wildman–Crippen MR) is 55.5 cm³/mol. The number of aromatic nitrogens is 2. The van der Waals surface area contributed by atoms with Crippen LogP contribution in [0.25, 0.3) is 0 Å². The minimum atomic E-state index is -1.21. The number of nitrogens with zero attached hydrogens (tertiary/aromatic N) is 1. The third-order valence-electron chi connectivity index (χ3n) is 1.68. The second-order valence-electron chi connectivity index (χ2n) is 4.37. The van der Waals surface area contributed by atoms with Crippen LogP contribution in [0, 0.1) is 6.92 Å². The Morgan fingerprint density at radius 2 is 1.94 bits per heavy atom. The summed E-state index contributed by atoms with van der Waals surface area (Å²) in [7, 11) is 0. The molecule has 2 N–H and O–H groups in total. The van der Waals surface area contributed by atoms with Gasteiger partial charge in [-0.25, -0.2) is 14.6 Å². The highest BCUT2D eigenvalue weighted by molar-refractivity contribution is 5.91. The third-order valence-corrected chi connectivity index (χ3v) is 1.68. The number of nitrogens with one attached hydrogen (secondary N) is 1. The molecule has 0 atom stereocenters. The number of aromatic amines is 1. The van der Waals surface area contributed by atoms with Crippen molar-refractivity contribution in [2.75, 3.05) is 0 Å². The molecule has 1 heterocycles. The molecule has 0 amide bonds. The molecule has 0 aliphatic carbocycles. The molecule has 6 nitrogen and oxygen atoms in total. The van der Waals surface area contributed by atoms with E-state index in [1.807, 2.05) is 0 Å². The van der Waals surface area contributed by atoms with Crippen molar-refractivity contribution < 1.29 is 19.4 Å². The summed E-state index contributed by atoms with van der Waals surface area (Å²) in [6.45, 7) is 6.75. The number of aryl methyl sites for hydroxylation is 1. The number of rotatable bonds is 2. The van der Waals surface area contributed by atoms with Gasteiger partial charge in [0.1, 0.15) is 5.60 Å². The molecule has 0 bridgehead atoms. The van der Waals surface area contributed by atoms with E-state index in [0.717, 1.165) is 0 Å². The molecule has 1 rings (SSSR count). The van der Waals surface area contributed by atoms with Gasteiger partial charge in [0.2, 0.25) is 5.82 Å². The van der Waals surface area contributed by atoms with Gasteiger partial charge in [0.25, 0.3) is 0 Å². The lowest BCUT2D eigenvalue weighted by molar-refractivity contribution is 0.00626. The Bertz CT molecular complexity index is 429. The maximum atomic E-state index is 11.6. The number of H-pyrrole nitrogens is 1. The van der Waals surface area contributed by atoms with Gasteiger partial charge in [-0.15, -0.1) is 0 Å². The zero-order chi connectivity index (χ0) is 12.5. The van der Waals surface area contributed by atoms with Crippen LogP contribution in [0.2, 0.25) is 0 Å². The number of aromatic carboxylic acids is 1. The standard InChI is InChI=1S/C10H14N2O4/c1-5-6(9(15)16-10(2,3)4)12-7(11-5)8(13)14/h1-4H3,(H,11,12)(H,13,14). The van der Waals surface area contributed by atoms with Crippen LogP contribution in [0.15, 0.2) is 0 Å². The lowest BCUT2D eigenvalue weighted by atomic mass is 10.2. The number of carbonyl (C=O) groups is 2. The van der Waals surface area contributed by atoms with Gasteiger partial charge in [-0.3, -0.25) is 0 Å². The number of carbonyl (C=O) groups excluding carboxylic acids is 1. The molecule has 1 aromatic heterocycles. The minimum absolute atomic E-state index is 0.00678. The second kappa shape index (κ2) is 3.96. The van der Waals surface area contributed by atoms with Gasteiger partial charge >= 0.3 is 11.9 Å². The average Bonchev–Trinajstić information content (AvgIpc) is 2.44. The average molecular weight is 226 g/mol. The molecule has 0 aliphatic rings. The first-order valence-electron chi connectivity index (χ1n) is 4.74. The third kappa shape index (κ3) is 2.82. The molecule has 0 aromatic carbocycles. The van der Waals surface area contributed by atoms with Crippen molar-refractivity contribution in [3.8, 4) is 0 Å². The van der Waals surface area contributed by atoms with E-state index in [1.165, 1.54) is 0 Å². The Kier molecular flexibility index (Phi) is 3.02. The van der Waals surface area contributed by atoms with E-state index in [4.69, 9.17) is 9.84 Å². The van der Waals surface area contributed by atoms with Crippen molar-refractivity contribution in [2.45, 2.75) is 33.3 Å². The van der Waals surface area contributed by atoms with Crippen molar-refractivity contribution in [2.24, 2.45) is 0 Å². The molecule has 0 saturated carbocycles. The van der Waals surface area contributed by atoms with E-state index in [2.05, 4.69) is 9.97 Å². The van der Waals surface area contributed by atoms with E-state index in [0.29, 0.717) is 5.69 Å². The van der Waals surface area contributed by atoms with E-state index in [1.54, 1.807) is 27.7 Å². The van der Waals surface area contributed by atoms with Gasteiger partial charge in [0.05, 0.1) is 0 Å². The quantitative estimate of drug-likeness (QED) is 0.743. The molecule has 0 aliphatic heterocycles. The van der Waals surface area contributed by atoms with Crippen molar-refractivity contribution in [3.05, 3.63) is 17.2 Å². The van der Waals surface area contributed by atoms with Crippen molar-refractivity contribution >= 4 is 11.9 Å². The summed E-state index contributed by atoms with van der Waals surface area (Å²) < 4.78 is 5.08. The molecular weight excluding hydrogens is 212 g/mol. The number of ether oxygens (including phenoxy) is 1. The summed E-state index contributed by atoms with van der Waals surface area (Å²) in [4.78, 5) is 28.4. The van der Waals surface area contributed by atoms with Crippen LogP contribution in [0.4, 0.5) is 0 Å². The Morgan fingerprint density at radius 3 is 2.31 bits per heavy atom. The van der Waals surface area contributed by atoms with Crippen LogP contribution in [0.1, 0.15) is 47.6 Å². The molecular formula is C10H14N2O4. The van der Waals surface area contributed by atoms with Crippen LogP contribution in [-0.2, 0) is 4.74 Å². The van der Waals surface area contributed by atoms with Gasteiger partial charge in [0.15, 0.2) is 5.69 Å². The van der Waals surface area contributed by atoms with Gasteiger partial charge in [0, 0.05) is 5.69 Å². The number of carboxylic acid groups (broad SMARTS) is 1. The van der Waals surface area contributed by atoms with Crippen LogP contribution in [-0.4, -0.2) is 32.6 Å². The van der Waals surface area contributed by atoms with Crippen LogP contribution < -0.4 is 0 Å². The highest BCUT2D eigenvalue weighted by Gasteiger charge is 2.23. The lowest BCUT2D eigenvalue weighted by Crippen LogP contribution is -2.24. The summed E-state index contributed by atoms with van der Waals surface area (Å²) in [6, 6.07) is 0. The summed E-state index contributed by atoms with van der Waals surface area (Å²) >= 11 is 0. The molecule has 0 spiro atoms. The first kappa shape index (κ1) is 12.2. The topological polar surface area (TPSA) is 92.3 Å². The summed E-state index contributed by atoms with van der Waals surface area (Å²) in [5.74, 6) is -2.11. The number of hydrogen-bond acceptors (Lipinski definition) is 4. The molecule has 0 saturated heterocycles. The largest absolute Gasteiger partial charge is 0.475 e. The minimum Gasteiger partial charge on any atom is -0.475 e. The van der Waals surface area contributed by atoms with Crippen molar-refractivity contribution in [1.82, 2.24) is 9.97 Å². The zero-order valence-electron chi connectivity index (χ0n) is 9.62. The molecule has 0 unspecified atom stereocenters. The Balaban J connectivity index is 2.96. The van der Waals surface area contributed by atoms with Gasteiger partial charge in [-0.1, -0.05) is 0 Å².